The second kappa shape index (κ2) is 5.61. The van der Waals surface area contributed by atoms with Gasteiger partial charge in [0.1, 0.15) is 5.75 Å². The molecule has 0 saturated carbocycles. The van der Waals surface area contributed by atoms with Crippen LogP contribution in [0.2, 0.25) is 0 Å². The van der Waals surface area contributed by atoms with Crippen LogP contribution in [0.5, 0.6) is 5.75 Å². The first-order valence-corrected chi connectivity index (χ1v) is 7.07. The third-order valence-electron chi connectivity index (χ3n) is 3.88. The lowest BCUT2D eigenvalue weighted by Gasteiger charge is -2.30. The summed E-state index contributed by atoms with van der Waals surface area (Å²) in [6, 6.07) is 8.76. The molecule has 2 unspecified atom stereocenters. The van der Waals surface area contributed by atoms with Crippen molar-refractivity contribution in [2.24, 2.45) is 0 Å². The zero-order valence-electron chi connectivity index (χ0n) is 11.0. The Morgan fingerprint density at radius 1 is 1.26 bits per heavy atom. The first-order valence-electron chi connectivity index (χ1n) is 7.07. The highest BCUT2D eigenvalue weighted by Crippen LogP contribution is 2.32. The summed E-state index contributed by atoms with van der Waals surface area (Å²) in [5.74, 6) is 1.14. The van der Waals surface area contributed by atoms with Gasteiger partial charge in [-0.2, -0.15) is 0 Å². The van der Waals surface area contributed by atoms with Crippen LogP contribution >= 0.6 is 0 Å². The molecule has 2 atom stereocenters. The van der Waals surface area contributed by atoms with Gasteiger partial charge in [-0.3, -0.25) is 4.79 Å². The number of fused-ring (bicyclic) bond motifs is 1. The van der Waals surface area contributed by atoms with Crippen molar-refractivity contribution in [2.75, 3.05) is 13.2 Å². The van der Waals surface area contributed by atoms with Crippen LogP contribution in [0.1, 0.15) is 37.3 Å². The van der Waals surface area contributed by atoms with Crippen molar-refractivity contribution in [2.45, 2.75) is 37.8 Å². The molecule has 1 amide bonds. The summed E-state index contributed by atoms with van der Waals surface area (Å²) in [6.45, 7) is 1.55. The second-order valence-electron chi connectivity index (χ2n) is 5.29. The number of hydrogen-bond acceptors (Lipinski definition) is 3. The number of ether oxygens (including phenoxy) is 1. The third-order valence-corrected chi connectivity index (χ3v) is 3.88. The lowest BCUT2D eigenvalue weighted by Crippen LogP contribution is -2.37. The molecular formula is C15H20N2O2. The zero-order chi connectivity index (χ0) is 13.1. The van der Waals surface area contributed by atoms with E-state index in [4.69, 9.17) is 4.74 Å². The Morgan fingerprint density at radius 2 is 2.16 bits per heavy atom. The van der Waals surface area contributed by atoms with Crippen LogP contribution in [0.3, 0.4) is 0 Å². The average Bonchev–Trinajstić information content (AvgIpc) is 2.63. The number of benzene rings is 1. The predicted molar refractivity (Wildman–Crippen MR) is 73.1 cm³/mol. The number of nitrogens with one attached hydrogen (secondary N) is 2. The number of amides is 1. The van der Waals surface area contributed by atoms with Crippen molar-refractivity contribution in [1.29, 1.82) is 0 Å². The lowest BCUT2D eigenvalue weighted by atomic mass is 9.98. The molecule has 0 spiro atoms. The maximum absolute atomic E-state index is 11.6. The molecule has 0 aliphatic carbocycles. The largest absolute Gasteiger partial charge is 0.493 e. The Bertz CT molecular complexity index is 461. The maximum Gasteiger partial charge on any atom is 0.221 e. The van der Waals surface area contributed by atoms with Gasteiger partial charge in [0.25, 0.3) is 0 Å². The molecule has 1 aromatic rings. The van der Waals surface area contributed by atoms with E-state index < -0.39 is 0 Å². The van der Waals surface area contributed by atoms with E-state index in [0.29, 0.717) is 12.5 Å². The van der Waals surface area contributed by atoms with Gasteiger partial charge in [0.2, 0.25) is 5.91 Å². The summed E-state index contributed by atoms with van der Waals surface area (Å²) in [7, 11) is 0. The molecule has 3 rings (SSSR count). The van der Waals surface area contributed by atoms with Gasteiger partial charge in [0.05, 0.1) is 6.61 Å². The summed E-state index contributed by atoms with van der Waals surface area (Å²) in [5, 5.41) is 6.57. The third kappa shape index (κ3) is 2.89. The minimum atomic E-state index is 0.162. The fraction of sp³-hybridized carbons (Fsp3) is 0.533. The van der Waals surface area contributed by atoms with Gasteiger partial charge in [-0.15, -0.1) is 0 Å². The number of carbonyl (C=O) groups excluding carboxylic acids is 1. The topological polar surface area (TPSA) is 50.4 Å². The summed E-state index contributed by atoms with van der Waals surface area (Å²) in [5.41, 5.74) is 1.22. The fourth-order valence-electron chi connectivity index (χ4n) is 2.92. The molecule has 2 aliphatic rings. The van der Waals surface area contributed by atoms with Gasteiger partial charge in [0.15, 0.2) is 0 Å². The van der Waals surface area contributed by atoms with Gasteiger partial charge >= 0.3 is 0 Å². The molecule has 4 heteroatoms. The molecule has 0 bridgehead atoms. The lowest BCUT2D eigenvalue weighted by molar-refractivity contribution is -0.121. The Labute approximate surface area is 113 Å². The zero-order valence-corrected chi connectivity index (χ0v) is 11.0. The molecular weight excluding hydrogens is 240 g/mol. The molecule has 2 N–H and O–H groups in total. The van der Waals surface area contributed by atoms with Crippen molar-refractivity contribution in [3.63, 3.8) is 0 Å². The van der Waals surface area contributed by atoms with Crippen molar-refractivity contribution in [3.05, 3.63) is 29.8 Å². The van der Waals surface area contributed by atoms with Crippen LogP contribution in [-0.4, -0.2) is 25.1 Å². The standard InChI is InChI=1S/C15H20N2O2/c18-15-10-11(4-3-8-16-15)17-13-7-9-19-14-6-2-1-5-12(13)14/h1-2,5-6,11,13,17H,3-4,7-10H2,(H,16,18). The van der Waals surface area contributed by atoms with E-state index in [1.54, 1.807) is 0 Å². The minimum Gasteiger partial charge on any atom is -0.493 e. The number of rotatable bonds is 2. The highest BCUT2D eigenvalue weighted by molar-refractivity contribution is 5.76. The fourth-order valence-corrected chi connectivity index (χ4v) is 2.92. The molecule has 4 nitrogen and oxygen atoms in total. The maximum atomic E-state index is 11.6. The van der Waals surface area contributed by atoms with Crippen molar-refractivity contribution < 1.29 is 9.53 Å². The molecule has 1 saturated heterocycles. The molecule has 2 heterocycles. The van der Waals surface area contributed by atoms with Crippen molar-refractivity contribution in [3.8, 4) is 5.75 Å². The molecule has 19 heavy (non-hydrogen) atoms. The van der Waals surface area contributed by atoms with E-state index in [1.165, 1.54) is 5.56 Å². The average molecular weight is 260 g/mol. The van der Waals surface area contributed by atoms with Crippen LogP contribution in [0.4, 0.5) is 0 Å². The van der Waals surface area contributed by atoms with Gasteiger partial charge in [-0.25, -0.2) is 0 Å². The number of hydrogen-bond donors (Lipinski definition) is 2. The molecule has 1 fully saturated rings. The molecule has 102 valence electrons. The van der Waals surface area contributed by atoms with Gasteiger partial charge in [0, 0.05) is 37.0 Å². The number of carbonyl (C=O) groups is 1. The summed E-state index contributed by atoms with van der Waals surface area (Å²) < 4.78 is 5.67. The minimum absolute atomic E-state index is 0.162. The van der Waals surface area contributed by atoms with E-state index in [2.05, 4.69) is 16.7 Å². The quantitative estimate of drug-likeness (QED) is 0.852. The van der Waals surface area contributed by atoms with E-state index >= 15 is 0 Å². The van der Waals surface area contributed by atoms with Crippen molar-refractivity contribution in [1.82, 2.24) is 10.6 Å². The van der Waals surface area contributed by atoms with Gasteiger partial charge in [-0.05, 0) is 18.9 Å². The van der Waals surface area contributed by atoms with Gasteiger partial charge < -0.3 is 15.4 Å². The van der Waals surface area contributed by atoms with Crippen LogP contribution < -0.4 is 15.4 Å². The van der Waals surface area contributed by atoms with Crippen LogP contribution in [-0.2, 0) is 4.79 Å². The molecule has 0 aromatic heterocycles. The Balaban J connectivity index is 1.71. The molecule has 1 aromatic carbocycles. The Kier molecular flexibility index (Phi) is 3.69. The SMILES string of the molecule is O=C1CC(NC2CCOc3ccccc32)CCCN1. The normalized spacial score (nSPS) is 26.8. The first kappa shape index (κ1) is 12.5. The smallest absolute Gasteiger partial charge is 0.221 e. The Hall–Kier alpha value is -1.55. The summed E-state index contributed by atoms with van der Waals surface area (Å²) in [6.07, 6.45) is 3.65. The van der Waals surface area contributed by atoms with Gasteiger partial charge in [-0.1, -0.05) is 18.2 Å². The first-order chi connectivity index (χ1) is 9.33. The van der Waals surface area contributed by atoms with E-state index in [-0.39, 0.29) is 11.9 Å². The van der Waals surface area contributed by atoms with Crippen LogP contribution in [0.25, 0.3) is 0 Å². The second-order valence-corrected chi connectivity index (χ2v) is 5.29. The van der Waals surface area contributed by atoms with Crippen LogP contribution in [0.15, 0.2) is 24.3 Å². The summed E-state index contributed by atoms with van der Waals surface area (Å²) in [4.78, 5) is 11.6. The summed E-state index contributed by atoms with van der Waals surface area (Å²) >= 11 is 0. The molecule has 2 aliphatic heterocycles. The van der Waals surface area contributed by atoms with Crippen molar-refractivity contribution >= 4 is 5.91 Å². The van der Waals surface area contributed by atoms with E-state index in [1.807, 2.05) is 18.2 Å². The van der Waals surface area contributed by atoms with Crippen LogP contribution in [0, 0.1) is 0 Å². The van der Waals surface area contributed by atoms with E-state index in [9.17, 15) is 4.79 Å². The Morgan fingerprint density at radius 3 is 3.11 bits per heavy atom. The molecule has 0 radical (unpaired) electrons. The van der Waals surface area contributed by atoms with E-state index in [0.717, 1.165) is 38.2 Å². The highest BCUT2D eigenvalue weighted by Gasteiger charge is 2.25. The highest BCUT2D eigenvalue weighted by atomic mass is 16.5. The predicted octanol–water partition coefficient (Wildman–Crippen LogP) is 1.77. The monoisotopic (exact) mass is 260 g/mol. The number of para-hydroxylation sites is 1.